The van der Waals surface area contributed by atoms with Gasteiger partial charge in [-0.3, -0.25) is 9.20 Å². The van der Waals surface area contributed by atoms with Crippen molar-refractivity contribution in [1.29, 1.82) is 0 Å². The first-order valence-electron chi connectivity index (χ1n) is 8.08. The first kappa shape index (κ1) is 19.3. The van der Waals surface area contributed by atoms with Crippen LogP contribution in [0.1, 0.15) is 45.8 Å². The van der Waals surface area contributed by atoms with Crippen molar-refractivity contribution in [2.24, 2.45) is 0 Å². The lowest BCUT2D eigenvalue weighted by Gasteiger charge is -2.20. The number of nitrogens with one attached hydrogen (secondary N) is 1. The molecule has 0 fully saturated rings. The number of fused-ring (bicyclic) bond motifs is 1. The van der Waals surface area contributed by atoms with E-state index in [1.54, 1.807) is 36.6 Å². The molecule has 3 rings (SSSR count). The summed E-state index contributed by atoms with van der Waals surface area (Å²) in [7, 11) is 0. The van der Waals surface area contributed by atoms with Crippen LogP contribution in [0.2, 0.25) is 0 Å². The van der Waals surface area contributed by atoms with Gasteiger partial charge in [-0.1, -0.05) is 12.1 Å². The molecule has 0 bridgehead atoms. The lowest BCUT2D eigenvalue weighted by atomic mass is 9.97. The number of hydrogen-bond donors (Lipinski definition) is 1. The Kier molecular flexibility index (Phi) is 4.98. The Bertz CT molecular complexity index is 1030. The van der Waals surface area contributed by atoms with Crippen LogP contribution in [0, 0.1) is 13.8 Å². The van der Waals surface area contributed by atoms with Crippen LogP contribution in [0.4, 0.5) is 13.2 Å². The molecule has 1 atom stereocenters. The molecule has 9 heteroatoms. The van der Waals surface area contributed by atoms with Gasteiger partial charge < -0.3 is 5.32 Å². The normalized spacial score (nSPS) is 13.0. The molecule has 0 radical (unpaired) electrons. The summed E-state index contributed by atoms with van der Waals surface area (Å²) in [4.78, 5) is 12.6. The van der Waals surface area contributed by atoms with Gasteiger partial charge in [0.05, 0.1) is 21.6 Å². The molecular weight excluding hydrogens is 425 g/mol. The maximum Gasteiger partial charge on any atom is 0.416 e. The highest BCUT2D eigenvalue weighted by Gasteiger charge is 2.33. The molecule has 0 saturated carbocycles. The number of alkyl halides is 3. The monoisotopic (exact) mass is 440 g/mol. The van der Waals surface area contributed by atoms with Gasteiger partial charge in [0.25, 0.3) is 5.91 Å². The molecule has 142 valence electrons. The molecule has 1 amide bonds. The Labute approximate surface area is 161 Å². The van der Waals surface area contributed by atoms with Crippen molar-refractivity contribution in [2.45, 2.75) is 33.0 Å². The quantitative estimate of drug-likeness (QED) is 0.646. The molecule has 1 aromatic carbocycles. The standard InChI is InChI=1S/C18H16BrF3N4O/c1-9-13(5-4-6-14(9)18(20,21)22)10(2)23-17(27)12-7-15(19)16-25-24-11(3)26(16)8-12/h4-8,10H,1-3H3,(H,23,27)/t10-/m1/s1. The molecule has 0 aliphatic rings. The van der Waals surface area contributed by atoms with Gasteiger partial charge >= 0.3 is 6.18 Å². The predicted octanol–water partition coefficient (Wildman–Crippen LogP) is 4.62. The minimum atomic E-state index is -4.44. The summed E-state index contributed by atoms with van der Waals surface area (Å²) >= 11 is 3.36. The van der Waals surface area contributed by atoms with Gasteiger partial charge in [-0.2, -0.15) is 13.2 Å². The molecular formula is C18H16BrF3N4O. The van der Waals surface area contributed by atoms with E-state index in [2.05, 4.69) is 31.4 Å². The van der Waals surface area contributed by atoms with Crippen molar-refractivity contribution >= 4 is 27.5 Å². The van der Waals surface area contributed by atoms with Crippen LogP contribution < -0.4 is 5.32 Å². The number of rotatable bonds is 3. The highest BCUT2D eigenvalue weighted by Crippen LogP contribution is 2.34. The predicted molar refractivity (Wildman–Crippen MR) is 97.5 cm³/mol. The number of halogens is 4. The Morgan fingerprint density at radius 1 is 1.26 bits per heavy atom. The third-order valence-electron chi connectivity index (χ3n) is 4.39. The average Bonchev–Trinajstić information content (AvgIpc) is 2.95. The molecule has 5 nitrogen and oxygen atoms in total. The molecule has 2 aromatic heterocycles. The van der Waals surface area contributed by atoms with Crippen molar-refractivity contribution in [1.82, 2.24) is 19.9 Å². The SMILES string of the molecule is Cc1c([C@@H](C)NC(=O)c2cc(Br)c3nnc(C)n3c2)cccc1C(F)(F)F. The molecule has 1 N–H and O–H groups in total. The number of carbonyl (C=O) groups excluding carboxylic acids is 1. The van der Waals surface area contributed by atoms with Crippen molar-refractivity contribution in [3.63, 3.8) is 0 Å². The second-order valence-corrected chi connectivity index (χ2v) is 7.08. The van der Waals surface area contributed by atoms with Gasteiger partial charge in [-0.25, -0.2) is 0 Å². The number of aromatic nitrogens is 3. The highest BCUT2D eigenvalue weighted by atomic mass is 79.9. The van der Waals surface area contributed by atoms with Crippen LogP contribution in [0.5, 0.6) is 0 Å². The first-order valence-corrected chi connectivity index (χ1v) is 8.87. The third-order valence-corrected chi connectivity index (χ3v) is 4.97. The van der Waals surface area contributed by atoms with E-state index in [4.69, 9.17) is 0 Å². The van der Waals surface area contributed by atoms with Gasteiger partial charge in [0.15, 0.2) is 5.65 Å². The second kappa shape index (κ2) is 6.95. The third kappa shape index (κ3) is 3.69. The fourth-order valence-electron chi connectivity index (χ4n) is 2.98. The fourth-order valence-corrected chi connectivity index (χ4v) is 3.49. The lowest BCUT2D eigenvalue weighted by Crippen LogP contribution is -2.28. The molecule has 0 aliphatic heterocycles. The van der Waals surface area contributed by atoms with E-state index >= 15 is 0 Å². The van der Waals surface area contributed by atoms with Gasteiger partial charge in [-0.05, 0) is 60.0 Å². The topological polar surface area (TPSA) is 59.3 Å². The molecule has 0 saturated heterocycles. The number of nitrogens with zero attached hydrogens (tertiary/aromatic N) is 3. The Balaban J connectivity index is 1.90. The van der Waals surface area contributed by atoms with Crippen molar-refractivity contribution in [3.8, 4) is 0 Å². The summed E-state index contributed by atoms with van der Waals surface area (Å²) < 4.78 is 41.6. The van der Waals surface area contributed by atoms with E-state index in [1.807, 2.05) is 0 Å². The molecule has 0 spiro atoms. The number of amides is 1. The van der Waals surface area contributed by atoms with E-state index in [0.29, 0.717) is 27.1 Å². The molecule has 2 heterocycles. The number of pyridine rings is 1. The Hall–Kier alpha value is -2.42. The van der Waals surface area contributed by atoms with Gasteiger partial charge in [-0.15, -0.1) is 10.2 Å². The van der Waals surface area contributed by atoms with Crippen LogP contribution in [-0.4, -0.2) is 20.5 Å². The number of aryl methyl sites for hydroxylation is 1. The summed E-state index contributed by atoms with van der Waals surface area (Å²) in [5, 5.41) is 10.7. The Morgan fingerprint density at radius 3 is 2.63 bits per heavy atom. The maximum atomic E-state index is 13.1. The largest absolute Gasteiger partial charge is 0.416 e. The maximum absolute atomic E-state index is 13.1. The van der Waals surface area contributed by atoms with E-state index in [-0.39, 0.29) is 5.56 Å². The summed E-state index contributed by atoms with van der Waals surface area (Å²) in [6, 6.07) is 4.96. The van der Waals surface area contributed by atoms with Crippen LogP contribution >= 0.6 is 15.9 Å². The zero-order chi connectivity index (χ0) is 19.9. The zero-order valence-electron chi connectivity index (χ0n) is 14.7. The van der Waals surface area contributed by atoms with Crippen LogP contribution in [0.3, 0.4) is 0 Å². The lowest BCUT2D eigenvalue weighted by molar-refractivity contribution is -0.138. The minimum absolute atomic E-state index is 0.101. The van der Waals surface area contributed by atoms with E-state index in [0.717, 1.165) is 6.07 Å². The molecule has 0 aliphatic carbocycles. The zero-order valence-corrected chi connectivity index (χ0v) is 16.3. The van der Waals surface area contributed by atoms with E-state index in [1.165, 1.54) is 13.0 Å². The minimum Gasteiger partial charge on any atom is -0.345 e. The Morgan fingerprint density at radius 2 is 1.96 bits per heavy atom. The number of carbonyl (C=O) groups is 1. The van der Waals surface area contributed by atoms with Crippen molar-refractivity contribution < 1.29 is 18.0 Å². The molecule has 27 heavy (non-hydrogen) atoms. The van der Waals surface area contributed by atoms with Crippen LogP contribution in [0.15, 0.2) is 34.9 Å². The smallest absolute Gasteiger partial charge is 0.345 e. The van der Waals surface area contributed by atoms with Crippen molar-refractivity contribution in [2.75, 3.05) is 0 Å². The number of hydrogen-bond acceptors (Lipinski definition) is 3. The van der Waals surface area contributed by atoms with Crippen LogP contribution in [-0.2, 0) is 6.18 Å². The summed E-state index contributed by atoms with van der Waals surface area (Å²) in [5.41, 5.74) is 0.729. The highest BCUT2D eigenvalue weighted by molar-refractivity contribution is 9.10. The fraction of sp³-hybridized carbons (Fsp3) is 0.278. The summed E-state index contributed by atoms with van der Waals surface area (Å²) in [6.07, 6.45) is -2.85. The average molecular weight is 441 g/mol. The molecule has 3 aromatic rings. The number of benzene rings is 1. The summed E-state index contributed by atoms with van der Waals surface area (Å²) in [6.45, 7) is 4.81. The molecule has 0 unspecified atom stereocenters. The first-order chi connectivity index (χ1) is 12.6. The van der Waals surface area contributed by atoms with Crippen LogP contribution in [0.25, 0.3) is 5.65 Å². The van der Waals surface area contributed by atoms with Gasteiger partial charge in [0, 0.05) is 6.20 Å². The summed E-state index contributed by atoms with van der Waals surface area (Å²) in [5.74, 6) is 0.206. The van der Waals surface area contributed by atoms with Crippen molar-refractivity contribution in [3.05, 3.63) is 63.0 Å². The van der Waals surface area contributed by atoms with E-state index < -0.39 is 23.7 Å². The second-order valence-electron chi connectivity index (χ2n) is 6.23. The van der Waals surface area contributed by atoms with E-state index in [9.17, 15) is 18.0 Å². The van der Waals surface area contributed by atoms with Gasteiger partial charge in [0.2, 0.25) is 0 Å². The van der Waals surface area contributed by atoms with Gasteiger partial charge in [0.1, 0.15) is 5.82 Å².